The van der Waals surface area contributed by atoms with Crippen molar-refractivity contribution in [1.29, 1.82) is 0 Å². The Kier molecular flexibility index (Phi) is 3.72. The van der Waals surface area contributed by atoms with E-state index in [-0.39, 0.29) is 0 Å². The molecule has 20 heavy (non-hydrogen) atoms. The first kappa shape index (κ1) is 12.8. The maximum Gasteiger partial charge on any atom is 0.128 e. The van der Waals surface area contributed by atoms with Crippen LogP contribution in [0, 0.1) is 0 Å². The molecule has 1 aliphatic heterocycles. The number of aromatic hydroxyl groups is 1. The molecule has 0 unspecified atom stereocenters. The van der Waals surface area contributed by atoms with Crippen LogP contribution in [0.2, 0.25) is 0 Å². The third-order valence-corrected chi connectivity index (χ3v) is 3.59. The highest BCUT2D eigenvalue weighted by Gasteiger charge is 2.12. The lowest BCUT2D eigenvalue weighted by molar-refractivity contribution is 0.474. The van der Waals surface area contributed by atoms with Crippen molar-refractivity contribution in [2.24, 2.45) is 0 Å². The molecule has 1 aromatic heterocycles. The maximum absolute atomic E-state index is 9.42. The Morgan fingerprint density at radius 1 is 1.15 bits per heavy atom. The van der Waals surface area contributed by atoms with Gasteiger partial charge in [0.15, 0.2) is 0 Å². The Hall–Kier alpha value is -2.23. The van der Waals surface area contributed by atoms with Gasteiger partial charge in [0, 0.05) is 19.6 Å². The van der Waals surface area contributed by atoms with E-state index in [1.54, 1.807) is 12.1 Å². The molecule has 0 radical (unpaired) electrons. The molecular weight excluding hydrogens is 250 g/mol. The van der Waals surface area contributed by atoms with Crippen molar-refractivity contribution in [2.75, 3.05) is 23.3 Å². The van der Waals surface area contributed by atoms with Crippen LogP contribution >= 0.6 is 0 Å². The average molecular weight is 269 g/mol. The van der Waals surface area contributed by atoms with Gasteiger partial charge < -0.3 is 15.3 Å². The second-order valence-corrected chi connectivity index (χ2v) is 5.12. The second kappa shape index (κ2) is 5.82. The van der Waals surface area contributed by atoms with E-state index in [0.29, 0.717) is 12.3 Å². The number of pyridine rings is 1. The zero-order valence-electron chi connectivity index (χ0n) is 11.4. The Morgan fingerprint density at radius 3 is 2.70 bits per heavy atom. The molecule has 1 saturated heterocycles. The molecule has 0 amide bonds. The SMILES string of the molecule is Oc1cccc(CNc2ccc(N3CCCC3)nc2)c1. The summed E-state index contributed by atoms with van der Waals surface area (Å²) in [5, 5.41) is 12.7. The largest absolute Gasteiger partial charge is 0.508 e. The number of hydrogen-bond donors (Lipinski definition) is 2. The van der Waals surface area contributed by atoms with E-state index in [1.807, 2.05) is 18.3 Å². The summed E-state index contributed by atoms with van der Waals surface area (Å²) < 4.78 is 0. The molecular formula is C16H19N3O. The van der Waals surface area contributed by atoms with Gasteiger partial charge in [0.1, 0.15) is 11.6 Å². The fraction of sp³-hybridized carbons (Fsp3) is 0.312. The summed E-state index contributed by atoms with van der Waals surface area (Å²) >= 11 is 0. The van der Waals surface area contributed by atoms with Crippen LogP contribution in [0.5, 0.6) is 5.75 Å². The van der Waals surface area contributed by atoms with Crippen LogP contribution in [0.4, 0.5) is 11.5 Å². The van der Waals surface area contributed by atoms with Crippen molar-refractivity contribution in [3.63, 3.8) is 0 Å². The first-order valence-corrected chi connectivity index (χ1v) is 7.04. The molecule has 0 atom stereocenters. The lowest BCUT2D eigenvalue weighted by Gasteiger charge is -2.16. The van der Waals surface area contributed by atoms with Gasteiger partial charge in [-0.2, -0.15) is 0 Å². The lowest BCUT2D eigenvalue weighted by Crippen LogP contribution is -2.18. The number of aromatic nitrogens is 1. The Labute approximate surface area is 119 Å². The number of nitrogens with zero attached hydrogens (tertiary/aromatic N) is 2. The minimum atomic E-state index is 0.298. The van der Waals surface area contributed by atoms with E-state index in [0.717, 1.165) is 30.2 Å². The minimum Gasteiger partial charge on any atom is -0.508 e. The smallest absolute Gasteiger partial charge is 0.128 e. The molecule has 1 aromatic carbocycles. The molecule has 2 aromatic rings. The van der Waals surface area contributed by atoms with Gasteiger partial charge in [-0.25, -0.2) is 4.98 Å². The van der Waals surface area contributed by atoms with Crippen LogP contribution in [-0.4, -0.2) is 23.2 Å². The van der Waals surface area contributed by atoms with Gasteiger partial charge in [0.2, 0.25) is 0 Å². The van der Waals surface area contributed by atoms with E-state index in [9.17, 15) is 5.11 Å². The Morgan fingerprint density at radius 2 is 2.00 bits per heavy atom. The monoisotopic (exact) mass is 269 g/mol. The molecule has 104 valence electrons. The number of anilines is 2. The summed E-state index contributed by atoms with van der Waals surface area (Å²) in [5.74, 6) is 1.36. The number of phenols is 1. The summed E-state index contributed by atoms with van der Waals surface area (Å²) in [7, 11) is 0. The predicted octanol–water partition coefficient (Wildman–Crippen LogP) is 3.00. The molecule has 0 saturated carbocycles. The topological polar surface area (TPSA) is 48.4 Å². The summed E-state index contributed by atoms with van der Waals surface area (Å²) in [6.07, 6.45) is 4.40. The molecule has 2 heterocycles. The molecule has 0 spiro atoms. The van der Waals surface area contributed by atoms with Crippen LogP contribution in [0.15, 0.2) is 42.6 Å². The van der Waals surface area contributed by atoms with Gasteiger partial charge in [-0.05, 0) is 42.7 Å². The van der Waals surface area contributed by atoms with E-state index >= 15 is 0 Å². The third kappa shape index (κ3) is 3.02. The fourth-order valence-electron chi connectivity index (χ4n) is 2.49. The van der Waals surface area contributed by atoms with Gasteiger partial charge in [0.05, 0.1) is 11.9 Å². The van der Waals surface area contributed by atoms with Gasteiger partial charge in [-0.3, -0.25) is 0 Å². The zero-order chi connectivity index (χ0) is 13.8. The van der Waals surface area contributed by atoms with Crippen molar-refractivity contribution in [2.45, 2.75) is 19.4 Å². The third-order valence-electron chi connectivity index (χ3n) is 3.59. The van der Waals surface area contributed by atoms with Gasteiger partial charge >= 0.3 is 0 Å². The first-order valence-electron chi connectivity index (χ1n) is 7.04. The summed E-state index contributed by atoms with van der Waals surface area (Å²) in [5.41, 5.74) is 2.05. The van der Waals surface area contributed by atoms with Gasteiger partial charge in [-0.1, -0.05) is 12.1 Å². The first-order chi connectivity index (χ1) is 9.81. The summed E-state index contributed by atoms with van der Waals surface area (Å²) in [4.78, 5) is 6.82. The molecule has 0 aliphatic carbocycles. The number of phenolic OH excluding ortho intramolecular Hbond substituents is 1. The van der Waals surface area contributed by atoms with Crippen molar-refractivity contribution < 1.29 is 5.11 Å². The molecule has 4 heteroatoms. The quantitative estimate of drug-likeness (QED) is 0.896. The molecule has 3 rings (SSSR count). The van der Waals surface area contributed by atoms with Crippen molar-refractivity contribution in [3.05, 3.63) is 48.2 Å². The predicted molar refractivity (Wildman–Crippen MR) is 81.1 cm³/mol. The van der Waals surface area contributed by atoms with Crippen LogP contribution in [0.1, 0.15) is 18.4 Å². The highest BCUT2D eigenvalue weighted by Crippen LogP contribution is 2.19. The van der Waals surface area contributed by atoms with E-state index in [1.165, 1.54) is 12.8 Å². The normalized spacial score (nSPS) is 14.5. The highest BCUT2D eigenvalue weighted by atomic mass is 16.3. The van der Waals surface area contributed by atoms with Gasteiger partial charge in [0.25, 0.3) is 0 Å². The molecule has 1 fully saturated rings. The maximum atomic E-state index is 9.42. The van der Waals surface area contributed by atoms with E-state index in [4.69, 9.17) is 0 Å². The Balaban J connectivity index is 1.60. The van der Waals surface area contributed by atoms with Gasteiger partial charge in [-0.15, -0.1) is 0 Å². The number of rotatable bonds is 4. The second-order valence-electron chi connectivity index (χ2n) is 5.12. The van der Waals surface area contributed by atoms with E-state index in [2.05, 4.69) is 27.3 Å². The van der Waals surface area contributed by atoms with Crippen molar-refractivity contribution in [3.8, 4) is 5.75 Å². The minimum absolute atomic E-state index is 0.298. The number of nitrogens with one attached hydrogen (secondary N) is 1. The number of benzene rings is 1. The molecule has 2 N–H and O–H groups in total. The highest BCUT2D eigenvalue weighted by molar-refractivity contribution is 5.49. The summed E-state index contributed by atoms with van der Waals surface area (Å²) in [6, 6.07) is 11.4. The number of hydrogen-bond acceptors (Lipinski definition) is 4. The zero-order valence-corrected chi connectivity index (χ0v) is 11.4. The standard InChI is InChI=1S/C16H19N3O/c20-15-5-3-4-13(10-15)11-17-14-6-7-16(18-12-14)19-8-1-2-9-19/h3-7,10,12,17,20H,1-2,8-9,11H2. The van der Waals surface area contributed by atoms with Crippen LogP contribution in [0.3, 0.4) is 0 Å². The van der Waals surface area contributed by atoms with Crippen LogP contribution in [0.25, 0.3) is 0 Å². The molecule has 1 aliphatic rings. The lowest BCUT2D eigenvalue weighted by atomic mass is 10.2. The summed E-state index contributed by atoms with van der Waals surface area (Å²) in [6.45, 7) is 2.91. The Bertz CT molecular complexity index is 562. The molecule has 4 nitrogen and oxygen atoms in total. The fourth-order valence-corrected chi connectivity index (χ4v) is 2.49. The van der Waals surface area contributed by atoms with Crippen LogP contribution in [-0.2, 0) is 6.54 Å². The van der Waals surface area contributed by atoms with E-state index < -0.39 is 0 Å². The average Bonchev–Trinajstić information content (AvgIpc) is 3.00. The molecule has 0 bridgehead atoms. The van der Waals surface area contributed by atoms with Crippen LogP contribution < -0.4 is 10.2 Å². The van der Waals surface area contributed by atoms with Crippen molar-refractivity contribution >= 4 is 11.5 Å². The van der Waals surface area contributed by atoms with Crippen molar-refractivity contribution in [1.82, 2.24) is 4.98 Å².